The van der Waals surface area contributed by atoms with Gasteiger partial charge in [0.1, 0.15) is 11.9 Å². The summed E-state index contributed by atoms with van der Waals surface area (Å²) in [7, 11) is 0. The smallest absolute Gasteiger partial charge is 0.224 e. The summed E-state index contributed by atoms with van der Waals surface area (Å²) in [4.78, 5) is 18.9. The third-order valence-corrected chi connectivity index (χ3v) is 4.38. The number of aromatic nitrogens is 5. The van der Waals surface area contributed by atoms with E-state index in [-0.39, 0.29) is 12.0 Å². The van der Waals surface area contributed by atoms with E-state index in [0.717, 1.165) is 30.1 Å². The number of nitrogens with one attached hydrogen (secondary N) is 1. The summed E-state index contributed by atoms with van der Waals surface area (Å²) in [5.41, 5.74) is 2.05. The maximum absolute atomic E-state index is 12.6. The molecule has 2 aromatic heterocycles. The lowest BCUT2D eigenvalue weighted by molar-refractivity contribution is -0.139. The van der Waals surface area contributed by atoms with Gasteiger partial charge in [0.05, 0.1) is 18.8 Å². The van der Waals surface area contributed by atoms with Gasteiger partial charge in [0, 0.05) is 31.6 Å². The van der Waals surface area contributed by atoms with Crippen LogP contribution < -0.4 is 0 Å². The molecule has 2 aromatic rings. The average molecular weight is 346 g/mol. The number of hydrogen-bond acceptors (Lipinski definition) is 5. The predicted octanol–water partition coefficient (Wildman–Crippen LogP) is 1.56. The normalized spacial score (nSPS) is 17.9. The van der Waals surface area contributed by atoms with Crippen molar-refractivity contribution >= 4 is 5.91 Å². The number of morpholine rings is 1. The van der Waals surface area contributed by atoms with Gasteiger partial charge < -0.3 is 9.64 Å². The summed E-state index contributed by atoms with van der Waals surface area (Å²) in [5.74, 6) is 1.62. The van der Waals surface area contributed by atoms with Crippen LogP contribution in [-0.4, -0.2) is 55.5 Å². The molecular formula is C17H26N6O2. The molecule has 1 fully saturated rings. The van der Waals surface area contributed by atoms with Gasteiger partial charge in [-0.2, -0.15) is 10.2 Å². The van der Waals surface area contributed by atoms with Crippen molar-refractivity contribution in [3.05, 3.63) is 29.1 Å². The molecule has 8 nitrogen and oxygen atoms in total. The van der Waals surface area contributed by atoms with Gasteiger partial charge in [0.2, 0.25) is 5.91 Å². The molecule has 0 aromatic carbocycles. The van der Waals surface area contributed by atoms with Gasteiger partial charge in [0.15, 0.2) is 5.82 Å². The summed E-state index contributed by atoms with van der Waals surface area (Å²) >= 11 is 0. The Balaban J connectivity index is 1.56. The molecule has 25 heavy (non-hydrogen) atoms. The average Bonchev–Trinajstić information content (AvgIpc) is 3.19. The molecule has 1 saturated heterocycles. The molecule has 8 heteroatoms. The number of aromatic amines is 1. The van der Waals surface area contributed by atoms with Crippen molar-refractivity contribution in [2.45, 2.75) is 52.7 Å². The molecule has 1 aliphatic heterocycles. The van der Waals surface area contributed by atoms with Crippen molar-refractivity contribution in [3.8, 4) is 0 Å². The number of hydrogen-bond donors (Lipinski definition) is 1. The van der Waals surface area contributed by atoms with E-state index in [9.17, 15) is 4.79 Å². The summed E-state index contributed by atoms with van der Waals surface area (Å²) in [6.07, 6.45) is 2.06. The Morgan fingerprint density at radius 1 is 1.44 bits per heavy atom. The van der Waals surface area contributed by atoms with Crippen molar-refractivity contribution in [2.75, 3.05) is 19.7 Å². The zero-order chi connectivity index (χ0) is 17.8. The highest BCUT2D eigenvalue weighted by atomic mass is 16.5. The van der Waals surface area contributed by atoms with E-state index in [4.69, 9.17) is 4.74 Å². The van der Waals surface area contributed by atoms with E-state index in [1.54, 1.807) is 0 Å². The Kier molecular flexibility index (Phi) is 5.47. The van der Waals surface area contributed by atoms with Gasteiger partial charge in [-0.05, 0) is 26.3 Å². The predicted molar refractivity (Wildman–Crippen MR) is 92.0 cm³/mol. The topological polar surface area (TPSA) is 88.9 Å². The Morgan fingerprint density at radius 2 is 2.28 bits per heavy atom. The molecule has 0 spiro atoms. The quantitative estimate of drug-likeness (QED) is 0.857. The molecule has 136 valence electrons. The highest BCUT2D eigenvalue weighted by Crippen LogP contribution is 2.20. The first-order valence-corrected chi connectivity index (χ1v) is 8.88. The fourth-order valence-electron chi connectivity index (χ4n) is 3.10. The molecule has 0 bridgehead atoms. The van der Waals surface area contributed by atoms with Gasteiger partial charge in [-0.3, -0.25) is 14.6 Å². The number of nitrogens with zero attached hydrogens (tertiary/aromatic N) is 5. The SMILES string of the molecule is CCCc1nc([C@@H]2CN(C(=O)CCn3nc(C)cc3C)CCO2)n[nH]1. The van der Waals surface area contributed by atoms with Crippen LogP contribution in [0.25, 0.3) is 0 Å². The van der Waals surface area contributed by atoms with Crippen LogP contribution in [0.1, 0.15) is 48.9 Å². The number of carbonyl (C=O) groups excluding carboxylic acids is 1. The maximum atomic E-state index is 12.6. The summed E-state index contributed by atoms with van der Waals surface area (Å²) in [5, 5.41) is 11.6. The number of amides is 1. The fourth-order valence-corrected chi connectivity index (χ4v) is 3.10. The lowest BCUT2D eigenvalue weighted by Crippen LogP contribution is -2.42. The zero-order valence-electron chi connectivity index (χ0n) is 15.2. The molecule has 0 radical (unpaired) electrons. The molecule has 1 amide bonds. The number of ether oxygens (including phenoxy) is 1. The van der Waals surface area contributed by atoms with E-state index in [0.29, 0.717) is 38.5 Å². The van der Waals surface area contributed by atoms with Gasteiger partial charge >= 0.3 is 0 Å². The lowest BCUT2D eigenvalue weighted by atomic mass is 10.2. The largest absolute Gasteiger partial charge is 0.366 e. The molecule has 3 heterocycles. The van der Waals surface area contributed by atoms with Crippen LogP contribution in [0.15, 0.2) is 6.07 Å². The van der Waals surface area contributed by atoms with Crippen molar-refractivity contribution in [3.63, 3.8) is 0 Å². The first kappa shape index (κ1) is 17.6. The molecule has 0 aliphatic carbocycles. The summed E-state index contributed by atoms with van der Waals surface area (Å²) in [6.45, 7) is 8.28. The molecule has 3 rings (SSSR count). The monoisotopic (exact) mass is 346 g/mol. The second-order valence-corrected chi connectivity index (χ2v) is 6.49. The van der Waals surface area contributed by atoms with Crippen LogP contribution in [0.2, 0.25) is 0 Å². The number of H-pyrrole nitrogens is 1. The first-order chi connectivity index (χ1) is 12.1. The minimum atomic E-state index is -0.256. The third-order valence-electron chi connectivity index (χ3n) is 4.38. The molecule has 1 atom stereocenters. The van der Waals surface area contributed by atoms with Gasteiger partial charge in [-0.25, -0.2) is 4.98 Å². The second kappa shape index (κ2) is 7.77. The van der Waals surface area contributed by atoms with Crippen molar-refractivity contribution in [2.24, 2.45) is 0 Å². The van der Waals surface area contributed by atoms with Crippen LogP contribution in [0.4, 0.5) is 0 Å². The zero-order valence-corrected chi connectivity index (χ0v) is 15.2. The van der Waals surface area contributed by atoms with E-state index < -0.39 is 0 Å². The third kappa shape index (κ3) is 4.25. The van der Waals surface area contributed by atoms with E-state index >= 15 is 0 Å². The van der Waals surface area contributed by atoms with E-state index in [1.807, 2.05) is 29.5 Å². The lowest BCUT2D eigenvalue weighted by Gasteiger charge is -2.31. The van der Waals surface area contributed by atoms with Gasteiger partial charge in [-0.15, -0.1) is 0 Å². The first-order valence-electron chi connectivity index (χ1n) is 8.88. The second-order valence-electron chi connectivity index (χ2n) is 6.49. The Labute approximate surface area is 147 Å². The van der Waals surface area contributed by atoms with Crippen molar-refractivity contribution in [1.29, 1.82) is 0 Å². The van der Waals surface area contributed by atoms with Crippen LogP contribution in [0, 0.1) is 13.8 Å². The Bertz CT molecular complexity index is 723. The van der Waals surface area contributed by atoms with Crippen LogP contribution in [-0.2, 0) is 22.5 Å². The molecule has 1 N–H and O–H groups in total. The van der Waals surface area contributed by atoms with E-state index in [1.165, 1.54) is 0 Å². The molecule has 0 unspecified atom stereocenters. The standard InChI is InChI=1S/C17H26N6O2/c1-4-5-15-18-17(20-19-15)14-11-22(8-9-25-14)16(24)6-7-23-13(3)10-12(2)21-23/h10,14H,4-9,11H2,1-3H3,(H,18,19,20)/t14-/m0/s1. The highest BCUT2D eigenvalue weighted by Gasteiger charge is 2.28. The number of aryl methyl sites for hydroxylation is 4. The maximum Gasteiger partial charge on any atom is 0.224 e. The highest BCUT2D eigenvalue weighted by molar-refractivity contribution is 5.76. The summed E-state index contributed by atoms with van der Waals surface area (Å²) < 4.78 is 7.65. The Morgan fingerprint density at radius 3 is 3.00 bits per heavy atom. The van der Waals surface area contributed by atoms with Crippen LogP contribution >= 0.6 is 0 Å². The fraction of sp³-hybridized carbons (Fsp3) is 0.647. The minimum Gasteiger partial charge on any atom is -0.366 e. The summed E-state index contributed by atoms with van der Waals surface area (Å²) in [6, 6.07) is 2.02. The van der Waals surface area contributed by atoms with Crippen LogP contribution in [0.3, 0.4) is 0 Å². The van der Waals surface area contributed by atoms with Crippen molar-refractivity contribution in [1.82, 2.24) is 29.9 Å². The molecular weight excluding hydrogens is 320 g/mol. The van der Waals surface area contributed by atoms with E-state index in [2.05, 4.69) is 27.2 Å². The van der Waals surface area contributed by atoms with Gasteiger partial charge in [-0.1, -0.05) is 6.92 Å². The van der Waals surface area contributed by atoms with Crippen molar-refractivity contribution < 1.29 is 9.53 Å². The van der Waals surface area contributed by atoms with Crippen LogP contribution in [0.5, 0.6) is 0 Å². The Hall–Kier alpha value is -2.22. The number of rotatable bonds is 6. The molecule has 0 saturated carbocycles. The molecule has 1 aliphatic rings. The van der Waals surface area contributed by atoms with Gasteiger partial charge in [0.25, 0.3) is 0 Å². The minimum absolute atomic E-state index is 0.116. The number of carbonyl (C=O) groups is 1.